The number of amides is 2. The van der Waals surface area contributed by atoms with Gasteiger partial charge in [-0.05, 0) is 62.8 Å². The van der Waals surface area contributed by atoms with Crippen LogP contribution in [-0.4, -0.2) is 60.4 Å². The first kappa shape index (κ1) is 18.3. The quantitative estimate of drug-likeness (QED) is 0.819. The van der Waals surface area contributed by atoms with Crippen LogP contribution in [0.2, 0.25) is 0 Å². The summed E-state index contributed by atoms with van der Waals surface area (Å²) in [5, 5.41) is 0. The Morgan fingerprint density at radius 1 is 1.04 bits per heavy atom. The Labute approximate surface area is 162 Å². The van der Waals surface area contributed by atoms with Gasteiger partial charge >= 0.3 is 0 Å². The van der Waals surface area contributed by atoms with E-state index in [1.165, 1.54) is 24.9 Å². The van der Waals surface area contributed by atoms with Crippen molar-refractivity contribution in [1.29, 1.82) is 0 Å². The van der Waals surface area contributed by atoms with E-state index < -0.39 is 0 Å². The zero-order valence-electron chi connectivity index (χ0n) is 16.4. The molecule has 0 unspecified atom stereocenters. The third-order valence-corrected chi connectivity index (χ3v) is 6.38. The molecule has 1 aromatic rings. The fourth-order valence-electron chi connectivity index (χ4n) is 4.89. The lowest BCUT2D eigenvalue weighted by atomic mass is 9.94. The molecule has 5 heteroatoms. The summed E-state index contributed by atoms with van der Waals surface area (Å²) in [5.74, 6) is 0.305. The third-order valence-electron chi connectivity index (χ3n) is 6.38. The summed E-state index contributed by atoms with van der Waals surface area (Å²) in [7, 11) is 0. The van der Waals surface area contributed by atoms with Crippen LogP contribution in [0, 0.1) is 5.92 Å². The molecule has 5 nitrogen and oxygen atoms in total. The van der Waals surface area contributed by atoms with Gasteiger partial charge in [-0.2, -0.15) is 0 Å². The molecule has 2 atom stereocenters. The third kappa shape index (κ3) is 3.69. The second-order valence-electron chi connectivity index (χ2n) is 8.26. The van der Waals surface area contributed by atoms with E-state index in [2.05, 4.69) is 24.0 Å². The van der Waals surface area contributed by atoms with E-state index in [9.17, 15) is 9.59 Å². The van der Waals surface area contributed by atoms with Crippen molar-refractivity contribution in [1.82, 2.24) is 9.80 Å². The Morgan fingerprint density at radius 3 is 2.48 bits per heavy atom. The van der Waals surface area contributed by atoms with Crippen molar-refractivity contribution in [3.63, 3.8) is 0 Å². The van der Waals surface area contributed by atoms with Gasteiger partial charge in [0.15, 0.2) is 0 Å². The summed E-state index contributed by atoms with van der Waals surface area (Å²) in [6.07, 6.45) is 6.73. The topological polar surface area (TPSA) is 43.9 Å². The van der Waals surface area contributed by atoms with Crippen molar-refractivity contribution >= 4 is 17.5 Å². The summed E-state index contributed by atoms with van der Waals surface area (Å²) < 4.78 is 0. The molecule has 4 fully saturated rings. The van der Waals surface area contributed by atoms with E-state index in [1.54, 1.807) is 0 Å². The predicted octanol–water partition coefficient (Wildman–Crippen LogP) is 3.15. The Morgan fingerprint density at radius 2 is 1.78 bits per heavy atom. The highest BCUT2D eigenvalue weighted by atomic mass is 16.2. The Bertz CT molecular complexity index is 681. The van der Waals surface area contributed by atoms with Crippen molar-refractivity contribution in [2.24, 2.45) is 5.92 Å². The minimum absolute atomic E-state index is 0.0214. The summed E-state index contributed by atoms with van der Waals surface area (Å²) in [6.45, 7) is 6.39. The highest BCUT2D eigenvalue weighted by Crippen LogP contribution is 2.30. The molecule has 2 bridgehead atoms. The average molecular weight is 370 g/mol. The van der Waals surface area contributed by atoms with E-state index >= 15 is 0 Å². The molecule has 4 saturated heterocycles. The fraction of sp³-hybridized carbons (Fsp3) is 0.636. The summed E-state index contributed by atoms with van der Waals surface area (Å²) in [6, 6.07) is 8.28. The predicted molar refractivity (Wildman–Crippen MR) is 107 cm³/mol. The fourth-order valence-corrected chi connectivity index (χ4v) is 4.89. The smallest absolute Gasteiger partial charge is 0.253 e. The molecule has 0 saturated carbocycles. The molecule has 0 aliphatic carbocycles. The van der Waals surface area contributed by atoms with Crippen LogP contribution in [0.15, 0.2) is 24.3 Å². The van der Waals surface area contributed by atoms with Gasteiger partial charge in [0, 0.05) is 50.0 Å². The van der Waals surface area contributed by atoms with Crippen molar-refractivity contribution in [3.8, 4) is 0 Å². The van der Waals surface area contributed by atoms with Gasteiger partial charge in [0.05, 0.1) is 5.92 Å². The van der Waals surface area contributed by atoms with Crippen molar-refractivity contribution in [2.75, 3.05) is 37.6 Å². The van der Waals surface area contributed by atoms with E-state index in [4.69, 9.17) is 0 Å². The lowest BCUT2D eigenvalue weighted by Gasteiger charge is -2.35. The number of carbonyl (C=O) groups is 2. The first-order chi connectivity index (χ1) is 13.2. The second kappa shape index (κ2) is 7.91. The molecule has 0 spiro atoms. The normalized spacial score (nSPS) is 25.7. The summed E-state index contributed by atoms with van der Waals surface area (Å²) in [4.78, 5) is 32.2. The van der Waals surface area contributed by atoms with Gasteiger partial charge in [0.25, 0.3) is 5.91 Å². The standard InChI is InChI=1S/C22H31N3O2/c1-2-12-25-20-11-8-18(22(25)27)15-24(16-20)21(26)17-6-9-19(10-7-17)23-13-4-3-5-14-23/h6-7,9-10,18,20H,2-5,8,11-16H2,1H3/t18-,20+/m1/s1. The molecule has 0 radical (unpaired) electrons. The number of anilines is 1. The highest BCUT2D eigenvalue weighted by Gasteiger charge is 2.41. The van der Waals surface area contributed by atoms with Gasteiger partial charge in [0.2, 0.25) is 5.91 Å². The first-order valence-electron chi connectivity index (χ1n) is 10.6. The molecule has 27 heavy (non-hydrogen) atoms. The van der Waals surface area contributed by atoms with Crippen LogP contribution in [0.25, 0.3) is 0 Å². The molecule has 0 N–H and O–H groups in total. The van der Waals surface area contributed by atoms with Crippen LogP contribution in [-0.2, 0) is 4.79 Å². The van der Waals surface area contributed by atoms with E-state index in [0.717, 1.165) is 44.5 Å². The molecular formula is C22H31N3O2. The number of nitrogens with zero attached hydrogens (tertiary/aromatic N) is 3. The highest BCUT2D eigenvalue weighted by molar-refractivity contribution is 5.95. The number of piperidine rings is 2. The first-order valence-corrected chi connectivity index (χ1v) is 10.6. The van der Waals surface area contributed by atoms with Crippen molar-refractivity contribution in [2.45, 2.75) is 51.5 Å². The maximum Gasteiger partial charge on any atom is 0.253 e. The van der Waals surface area contributed by atoms with Crippen LogP contribution < -0.4 is 4.90 Å². The second-order valence-corrected chi connectivity index (χ2v) is 8.26. The van der Waals surface area contributed by atoms with Crippen molar-refractivity contribution < 1.29 is 9.59 Å². The SMILES string of the molecule is CCCN1C(=O)[C@@H]2CC[C@H]1CN(C(=O)c1ccc(N3CCCCC3)cc1)C2. The van der Waals surface area contributed by atoms with Crippen LogP contribution in [0.4, 0.5) is 5.69 Å². The molecular weight excluding hydrogens is 338 g/mol. The van der Waals surface area contributed by atoms with Crippen molar-refractivity contribution in [3.05, 3.63) is 29.8 Å². The van der Waals surface area contributed by atoms with Gasteiger partial charge in [-0.3, -0.25) is 9.59 Å². The molecule has 2 amide bonds. The van der Waals surface area contributed by atoms with Gasteiger partial charge in [-0.25, -0.2) is 0 Å². The average Bonchev–Trinajstić information content (AvgIpc) is 3.01. The number of carbonyl (C=O) groups excluding carboxylic acids is 2. The lowest BCUT2D eigenvalue weighted by Crippen LogP contribution is -2.48. The van der Waals surface area contributed by atoms with Gasteiger partial charge in [-0.15, -0.1) is 0 Å². The number of hydrogen-bond acceptors (Lipinski definition) is 3. The lowest BCUT2D eigenvalue weighted by molar-refractivity contribution is -0.139. The largest absolute Gasteiger partial charge is 0.372 e. The molecule has 5 rings (SSSR count). The van der Waals surface area contributed by atoms with Gasteiger partial charge in [0.1, 0.15) is 0 Å². The molecule has 0 aromatic heterocycles. The number of rotatable bonds is 4. The van der Waals surface area contributed by atoms with E-state index in [-0.39, 0.29) is 23.8 Å². The summed E-state index contributed by atoms with van der Waals surface area (Å²) >= 11 is 0. The number of fused-ring (bicyclic) bond motifs is 4. The number of benzene rings is 1. The Balaban J connectivity index is 1.47. The maximum absolute atomic E-state index is 13.1. The Hall–Kier alpha value is -2.04. The number of hydrogen-bond donors (Lipinski definition) is 0. The minimum Gasteiger partial charge on any atom is -0.372 e. The maximum atomic E-state index is 13.1. The monoisotopic (exact) mass is 369 g/mol. The minimum atomic E-state index is -0.0214. The van der Waals surface area contributed by atoms with Crippen LogP contribution >= 0.6 is 0 Å². The van der Waals surface area contributed by atoms with E-state index in [0.29, 0.717) is 13.1 Å². The molecule has 1 aromatic carbocycles. The van der Waals surface area contributed by atoms with E-state index in [1.807, 2.05) is 21.9 Å². The molecule has 4 aliphatic rings. The van der Waals surface area contributed by atoms with Crippen LogP contribution in [0.3, 0.4) is 0 Å². The molecule has 4 aliphatic heterocycles. The zero-order chi connectivity index (χ0) is 18.8. The van der Waals surface area contributed by atoms with Crippen LogP contribution in [0.5, 0.6) is 0 Å². The molecule has 146 valence electrons. The van der Waals surface area contributed by atoms with Gasteiger partial charge < -0.3 is 14.7 Å². The summed E-state index contributed by atoms with van der Waals surface area (Å²) in [5.41, 5.74) is 1.96. The van der Waals surface area contributed by atoms with Crippen LogP contribution in [0.1, 0.15) is 55.8 Å². The van der Waals surface area contributed by atoms with Gasteiger partial charge in [-0.1, -0.05) is 6.92 Å². The Kier molecular flexibility index (Phi) is 5.37. The zero-order valence-corrected chi connectivity index (χ0v) is 16.4. The molecule has 4 heterocycles.